The number of hydrogen-bond donors (Lipinski definition) is 1. The van der Waals surface area contributed by atoms with Crippen molar-refractivity contribution >= 4 is 39.3 Å². The van der Waals surface area contributed by atoms with E-state index in [0.717, 1.165) is 10.8 Å². The summed E-state index contributed by atoms with van der Waals surface area (Å²) < 4.78 is 6.57. The van der Waals surface area contributed by atoms with Crippen LogP contribution >= 0.6 is 11.8 Å². The highest BCUT2D eigenvalue weighted by molar-refractivity contribution is 8.00. The summed E-state index contributed by atoms with van der Waals surface area (Å²) in [5.74, 6) is -0.104. The molecule has 142 valence electrons. The first-order valence-electron chi connectivity index (χ1n) is 8.91. The minimum absolute atomic E-state index is 0.0808. The van der Waals surface area contributed by atoms with Crippen LogP contribution in [0.1, 0.15) is 13.8 Å². The van der Waals surface area contributed by atoms with Gasteiger partial charge in [-0.25, -0.2) is 4.98 Å². The molecule has 1 aromatic heterocycles. The Balaban J connectivity index is 1.98. The van der Waals surface area contributed by atoms with Gasteiger partial charge in [0.15, 0.2) is 5.16 Å². The van der Waals surface area contributed by atoms with Crippen molar-refractivity contribution < 1.29 is 9.53 Å². The van der Waals surface area contributed by atoms with Gasteiger partial charge in [0.05, 0.1) is 22.8 Å². The van der Waals surface area contributed by atoms with Gasteiger partial charge in [-0.2, -0.15) is 0 Å². The predicted molar refractivity (Wildman–Crippen MR) is 109 cm³/mol. The van der Waals surface area contributed by atoms with E-state index in [1.54, 1.807) is 11.7 Å². The third-order valence-corrected chi connectivity index (χ3v) is 5.45. The molecule has 0 aliphatic carbocycles. The van der Waals surface area contributed by atoms with Crippen LogP contribution in [0.4, 0.5) is 0 Å². The Morgan fingerprint density at radius 3 is 2.67 bits per heavy atom. The Morgan fingerprint density at radius 2 is 2.00 bits per heavy atom. The van der Waals surface area contributed by atoms with Gasteiger partial charge < -0.3 is 10.1 Å². The van der Waals surface area contributed by atoms with E-state index >= 15 is 0 Å². The van der Waals surface area contributed by atoms with Crippen LogP contribution < -0.4 is 10.9 Å². The van der Waals surface area contributed by atoms with Gasteiger partial charge in [-0.3, -0.25) is 14.2 Å². The van der Waals surface area contributed by atoms with Gasteiger partial charge in [0.1, 0.15) is 0 Å². The van der Waals surface area contributed by atoms with Crippen molar-refractivity contribution in [2.75, 3.05) is 20.3 Å². The first-order valence-corrected chi connectivity index (χ1v) is 9.79. The largest absolute Gasteiger partial charge is 0.383 e. The zero-order valence-corrected chi connectivity index (χ0v) is 16.5. The number of rotatable bonds is 7. The summed E-state index contributed by atoms with van der Waals surface area (Å²) in [7, 11) is 1.59. The minimum Gasteiger partial charge on any atom is -0.383 e. The van der Waals surface area contributed by atoms with E-state index in [0.29, 0.717) is 35.8 Å². The maximum Gasteiger partial charge on any atom is 0.262 e. The lowest BCUT2D eigenvalue weighted by Gasteiger charge is -2.15. The Kier molecular flexibility index (Phi) is 6.13. The van der Waals surface area contributed by atoms with Crippen LogP contribution in [0.2, 0.25) is 0 Å². The van der Waals surface area contributed by atoms with E-state index in [4.69, 9.17) is 9.72 Å². The summed E-state index contributed by atoms with van der Waals surface area (Å²) in [6.07, 6.45) is 0. The maximum absolute atomic E-state index is 13.0. The molecule has 0 unspecified atom stereocenters. The highest BCUT2D eigenvalue weighted by Crippen LogP contribution is 2.25. The molecule has 1 N–H and O–H groups in total. The fourth-order valence-electron chi connectivity index (χ4n) is 2.89. The molecule has 2 aromatic carbocycles. The molecule has 7 heteroatoms. The first kappa shape index (κ1) is 19.4. The SMILES string of the molecule is CCn1c(S[C@H](C)C(=O)NCCOC)nc2cc3ccccc3cc2c1=O. The van der Waals surface area contributed by atoms with Gasteiger partial charge in [-0.05, 0) is 36.8 Å². The summed E-state index contributed by atoms with van der Waals surface area (Å²) in [4.78, 5) is 29.9. The number of carbonyl (C=O) groups is 1. The fraction of sp³-hybridized carbons (Fsp3) is 0.350. The number of nitrogens with zero attached hydrogens (tertiary/aromatic N) is 2. The maximum atomic E-state index is 13.0. The second-order valence-corrected chi connectivity index (χ2v) is 7.51. The van der Waals surface area contributed by atoms with Crippen LogP contribution in [-0.2, 0) is 16.1 Å². The van der Waals surface area contributed by atoms with Gasteiger partial charge in [-0.15, -0.1) is 0 Å². The van der Waals surface area contributed by atoms with Gasteiger partial charge in [0.2, 0.25) is 5.91 Å². The highest BCUT2D eigenvalue weighted by atomic mass is 32.2. The van der Waals surface area contributed by atoms with Crippen LogP contribution in [0.5, 0.6) is 0 Å². The summed E-state index contributed by atoms with van der Waals surface area (Å²) >= 11 is 1.29. The second-order valence-electron chi connectivity index (χ2n) is 6.20. The Hall–Kier alpha value is -2.38. The van der Waals surface area contributed by atoms with E-state index in [1.807, 2.05) is 50.2 Å². The van der Waals surface area contributed by atoms with E-state index in [1.165, 1.54) is 11.8 Å². The molecule has 0 aliphatic heterocycles. The molecule has 1 atom stereocenters. The molecule has 0 saturated carbocycles. The number of fused-ring (bicyclic) bond motifs is 2. The van der Waals surface area contributed by atoms with Gasteiger partial charge in [0, 0.05) is 20.2 Å². The summed E-state index contributed by atoms with van der Waals surface area (Å²) in [6.45, 7) is 5.13. The average Bonchev–Trinajstić information content (AvgIpc) is 2.67. The molecule has 0 bridgehead atoms. The van der Waals surface area contributed by atoms with Crippen molar-refractivity contribution in [2.24, 2.45) is 0 Å². The number of nitrogens with one attached hydrogen (secondary N) is 1. The zero-order chi connectivity index (χ0) is 19.4. The molecule has 0 saturated heterocycles. The number of aromatic nitrogens is 2. The summed E-state index contributed by atoms with van der Waals surface area (Å²) in [5, 5.41) is 5.64. The molecule has 6 nitrogen and oxygen atoms in total. The zero-order valence-electron chi connectivity index (χ0n) is 15.7. The topological polar surface area (TPSA) is 73.2 Å². The van der Waals surface area contributed by atoms with Crippen LogP contribution in [0.3, 0.4) is 0 Å². The van der Waals surface area contributed by atoms with Crippen molar-refractivity contribution in [3.8, 4) is 0 Å². The van der Waals surface area contributed by atoms with Gasteiger partial charge >= 0.3 is 0 Å². The van der Waals surface area contributed by atoms with Crippen LogP contribution in [0.15, 0.2) is 46.3 Å². The molecule has 1 amide bonds. The third-order valence-electron chi connectivity index (χ3n) is 4.36. The number of carbonyl (C=O) groups excluding carboxylic acids is 1. The molecule has 0 spiro atoms. The van der Waals surface area contributed by atoms with E-state index in [9.17, 15) is 9.59 Å². The van der Waals surface area contributed by atoms with Crippen molar-refractivity contribution in [2.45, 2.75) is 30.8 Å². The van der Waals surface area contributed by atoms with Crippen molar-refractivity contribution in [3.63, 3.8) is 0 Å². The lowest BCUT2D eigenvalue weighted by Crippen LogP contribution is -2.34. The fourth-order valence-corrected chi connectivity index (χ4v) is 3.89. The number of hydrogen-bond acceptors (Lipinski definition) is 5. The molecule has 0 aliphatic rings. The smallest absolute Gasteiger partial charge is 0.262 e. The van der Waals surface area contributed by atoms with Gasteiger partial charge in [0.25, 0.3) is 5.56 Å². The highest BCUT2D eigenvalue weighted by Gasteiger charge is 2.19. The first-order chi connectivity index (χ1) is 13.0. The van der Waals surface area contributed by atoms with Crippen molar-refractivity contribution in [1.82, 2.24) is 14.9 Å². The lowest BCUT2D eigenvalue weighted by atomic mass is 10.1. The quantitative estimate of drug-likeness (QED) is 0.293. The normalized spacial score (nSPS) is 12.4. The monoisotopic (exact) mass is 385 g/mol. The molecule has 27 heavy (non-hydrogen) atoms. The Bertz CT molecular complexity index is 1030. The molecular formula is C20H23N3O3S. The van der Waals surface area contributed by atoms with Gasteiger partial charge in [-0.1, -0.05) is 36.0 Å². The Labute approximate surface area is 161 Å². The van der Waals surface area contributed by atoms with Crippen LogP contribution in [-0.4, -0.2) is 41.0 Å². The predicted octanol–water partition coefficient (Wildman–Crippen LogP) is 2.81. The standard InChI is InChI=1S/C20H23N3O3S/c1-4-23-19(25)16-11-14-7-5-6-8-15(14)12-17(16)22-20(23)27-13(2)18(24)21-9-10-26-3/h5-8,11-13H,4,9-10H2,1-3H3,(H,21,24)/t13-/m1/s1. The molecule has 1 heterocycles. The van der Waals surface area contributed by atoms with E-state index in [2.05, 4.69) is 5.32 Å². The number of benzene rings is 2. The van der Waals surface area contributed by atoms with Crippen LogP contribution in [0.25, 0.3) is 21.7 Å². The van der Waals surface area contributed by atoms with Crippen molar-refractivity contribution in [3.05, 3.63) is 46.8 Å². The van der Waals surface area contributed by atoms with E-state index < -0.39 is 0 Å². The minimum atomic E-state index is -0.371. The number of ether oxygens (including phenoxy) is 1. The lowest BCUT2D eigenvalue weighted by molar-refractivity contribution is -0.120. The number of amides is 1. The molecule has 3 aromatic rings. The second kappa shape index (κ2) is 8.54. The Morgan fingerprint density at radius 1 is 1.30 bits per heavy atom. The molecule has 0 radical (unpaired) electrons. The van der Waals surface area contributed by atoms with Crippen LogP contribution in [0, 0.1) is 0 Å². The summed E-state index contributed by atoms with van der Waals surface area (Å²) in [6, 6.07) is 11.7. The molecule has 0 fully saturated rings. The van der Waals surface area contributed by atoms with E-state index in [-0.39, 0.29) is 16.7 Å². The number of methoxy groups -OCH3 is 1. The van der Waals surface area contributed by atoms with Crippen molar-refractivity contribution in [1.29, 1.82) is 0 Å². The molecular weight excluding hydrogens is 362 g/mol. The number of thioether (sulfide) groups is 1. The third kappa shape index (κ3) is 4.14. The average molecular weight is 385 g/mol. The summed E-state index contributed by atoms with van der Waals surface area (Å²) in [5.41, 5.74) is 0.570. The molecule has 3 rings (SSSR count).